The number of rotatable bonds is 6. The molecule has 1 N–H and O–H groups in total. The first kappa shape index (κ1) is 14.0. The van der Waals surface area contributed by atoms with Gasteiger partial charge in [0.25, 0.3) is 0 Å². The zero-order chi connectivity index (χ0) is 13.8. The van der Waals surface area contributed by atoms with Gasteiger partial charge in [0, 0.05) is 19.7 Å². The fourth-order valence-corrected chi connectivity index (χ4v) is 2.52. The van der Waals surface area contributed by atoms with E-state index in [-0.39, 0.29) is 0 Å². The average Bonchev–Trinajstić information content (AvgIpc) is 2.35. The Morgan fingerprint density at radius 1 is 1.42 bits per heavy atom. The van der Waals surface area contributed by atoms with Crippen molar-refractivity contribution in [1.29, 1.82) is 0 Å². The molecule has 0 atom stereocenters. The number of ether oxygens (including phenoxy) is 1. The molecule has 0 spiro atoms. The first-order valence-electron chi connectivity index (χ1n) is 6.66. The van der Waals surface area contributed by atoms with Crippen molar-refractivity contribution in [3.63, 3.8) is 0 Å². The molecule has 0 heterocycles. The highest BCUT2D eigenvalue weighted by molar-refractivity contribution is 5.89. The molecule has 0 amide bonds. The Bertz CT molecular complexity index is 441. The van der Waals surface area contributed by atoms with Crippen LogP contribution in [0.4, 0.5) is 0 Å². The Kier molecular flexibility index (Phi) is 4.56. The normalized spacial score (nSPS) is 22.3. The van der Waals surface area contributed by atoms with E-state index in [9.17, 15) is 4.79 Å². The highest BCUT2D eigenvalue weighted by Gasteiger charge is 2.31. The lowest BCUT2D eigenvalue weighted by Gasteiger charge is -2.40. The van der Waals surface area contributed by atoms with E-state index in [4.69, 9.17) is 9.84 Å². The molecule has 0 aromatic heterocycles. The maximum Gasteiger partial charge on any atom is 0.335 e. The third kappa shape index (κ3) is 3.33. The summed E-state index contributed by atoms with van der Waals surface area (Å²) in [7, 11) is 3.85. The highest BCUT2D eigenvalue weighted by atomic mass is 16.5. The van der Waals surface area contributed by atoms with Gasteiger partial charge in [-0.3, -0.25) is 0 Å². The summed E-state index contributed by atoms with van der Waals surface area (Å²) in [5, 5.41) is 9.13. The van der Waals surface area contributed by atoms with Gasteiger partial charge in [0.1, 0.15) is 0 Å². The van der Waals surface area contributed by atoms with E-state index >= 15 is 0 Å². The molecule has 1 aromatic rings. The third-order valence-corrected chi connectivity index (χ3v) is 4.01. The van der Waals surface area contributed by atoms with Gasteiger partial charge in [0.2, 0.25) is 0 Å². The lowest BCUT2D eigenvalue weighted by molar-refractivity contribution is -0.0190. The number of aromatic carboxylic acids is 1. The minimum atomic E-state index is -0.846. The van der Waals surface area contributed by atoms with Crippen LogP contribution >= 0.6 is 0 Å². The molecule has 0 saturated heterocycles. The van der Waals surface area contributed by atoms with Crippen LogP contribution in [-0.4, -0.2) is 48.8 Å². The molecular weight excluding hydrogens is 242 g/mol. The molecule has 4 nitrogen and oxygen atoms in total. The average molecular weight is 263 g/mol. The topological polar surface area (TPSA) is 49.8 Å². The molecule has 0 radical (unpaired) electrons. The summed E-state index contributed by atoms with van der Waals surface area (Å²) in [6.45, 7) is 0.880. The predicted molar refractivity (Wildman–Crippen MR) is 73.6 cm³/mol. The van der Waals surface area contributed by atoms with E-state index < -0.39 is 5.97 Å². The number of carboxylic acids is 1. The lowest BCUT2D eigenvalue weighted by Crippen LogP contribution is -2.46. The van der Waals surface area contributed by atoms with E-state index in [1.54, 1.807) is 19.2 Å². The maximum absolute atomic E-state index is 11.1. The number of carbonyl (C=O) groups is 1. The Morgan fingerprint density at radius 2 is 2.11 bits per heavy atom. The Labute approximate surface area is 114 Å². The largest absolute Gasteiger partial charge is 0.478 e. The standard InChI is InChI=1S/C15H21NO3/c1-16(12-9-13(10-12)19-2)8-7-11-5-3-4-6-14(11)15(17)18/h3-6,12-13H,7-10H2,1-2H3,(H,17,18). The Hall–Kier alpha value is -1.39. The van der Waals surface area contributed by atoms with Crippen LogP contribution in [0.1, 0.15) is 28.8 Å². The lowest BCUT2D eigenvalue weighted by atomic mass is 9.88. The summed E-state index contributed by atoms with van der Waals surface area (Å²) in [5.74, 6) is -0.846. The van der Waals surface area contributed by atoms with E-state index in [2.05, 4.69) is 11.9 Å². The molecular formula is C15H21NO3. The molecule has 0 aliphatic heterocycles. The van der Waals surface area contributed by atoms with Crippen LogP contribution in [-0.2, 0) is 11.2 Å². The summed E-state index contributed by atoms with van der Waals surface area (Å²) in [4.78, 5) is 13.4. The van der Waals surface area contributed by atoms with Crippen LogP contribution in [0.15, 0.2) is 24.3 Å². The molecule has 0 bridgehead atoms. The zero-order valence-electron chi connectivity index (χ0n) is 11.5. The van der Waals surface area contributed by atoms with Crippen molar-refractivity contribution in [1.82, 2.24) is 4.90 Å². The number of likely N-dealkylation sites (N-methyl/N-ethyl adjacent to an activating group) is 1. The predicted octanol–water partition coefficient (Wildman–Crippen LogP) is 2.04. The SMILES string of the molecule is COC1CC(N(C)CCc2ccccc2C(=O)O)C1. The number of hydrogen-bond donors (Lipinski definition) is 1. The number of methoxy groups -OCH3 is 1. The van der Waals surface area contributed by atoms with Crippen molar-refractivity contribution in [2.24, 2.45) is 0 Å². The molecule has 1 aliphatic rings. The van der Waals surface area contributed by atoms with Crippen LogP contribution < -0.4 is 0 Å². The molecule has 1 fully saturated rings. The monoisotopic (exact) mass is 263 g/mol. The second kappa shape index (κ2) is 6.17. The maximum atomic E-state index is 11.1. The second-order valence-electron chi connectivity index (χ2n) is 5.18. The van der Waals surface area contributed by atoms with Gasteiger partial charge in [-0.1, -0.05) is 18.2 Å². The van der Waals surface area contributed by atoms with Gasteiger partial charge in [-0.15, -0.1) is 0 Å². The zero-order valence-corrected chi connectivity index (χ0v) is 11.5. The first-order valence-corrected chi connectivity index (χ1v) is 6.66. The Morgan fingerprint density at radius 3 is 2.74 bits per heavy atom. The summed E-state index contributed by atoms with van der Waals surface area (Å²) >= 11 is 0. The van der Waals surface area contributed by atoms with Crippen LogP contribution in [0.5, 0.6) is 0 Å². The van der Waals surface area contributed by atoms with E-state index in [0.717, 1.165) is 31.4 Å². The van der Waals surface area contributed by atoms with Gasteiger partial charge in [-0.2, -0.15) is 0 Å². The van der Waals surface area contributed by atoms with Gasteiger partial charge in [0.15, 0.2) is 0 Å². The van der Waals surface area contributed by atoms with Crippen LogP contribution in [0.25, 0.3) is 0 Å². The van der Waals surface area contributed by atoms with Crippen molar-refractivity contribution in [3.8, 4) is 0 Å². The van der Waals surface area contributed by atoms with E-state index in [0.29, 0.717) is 17.7 Å². The van der Waals surface area contributed by atoms with Crippen molar-refractivity contribution in [2.45, 2.75) is 31.4 Å². The van der Waals surface area contributed by atoms with Crippen molar-refractivity contribution >= 4 is 5.97 Å². The van der Waals surface area contributed by atoms with E-state index in [1.165, 1.54) is 0 Å². The quantitative estimate of drug-likeness (QED) is 0.853. The summed E-state index contributed by atoms with van der Waals surface area (Å²) in [6.07, 6.45) is 3.33. The third-order valence-electron chi connectivity index (χ3n) is 4.01. The smallest absolute Gasteiger partial charge is 0.335 e. The molecule has 1 saturated carbocycles. The van der Waals surface area contributed by atoms with Gasteiger partial charge in [-0.25, -0.2) is 4.79 Å². The fourth-order valence-electron chi connectivity index (χ4n) is 2.52. The van der Waals surface area contributed by atoms with Crippen molar-refractivity contribution in [3.05, 3.63) is 35.4 Å². The molecule has 4 heteroatoms. The van der Waals surface area contributed by atoms with Crippen molar-refractivity contribution < 1.29 is 14.6 Å². The number of benzene rings is 1. The van der Waals surface area contributed by atoms with Gasteiger partial charge in [-0.05, 0) is 37.9 Å². The van der Waals surface area contributed by atoms with Crippen LogP contribution in [0, 0.1) is 0 Å². The van der Waals surface area contributed by atoms with Gasteiger partial charge >= 0.3 is 5.97 Å². The number of nitrogens with zero attached hydrogens (tertiary/aromatic N) is 1. The fraction of sp³-hybridized carbons (Fsp3) is 0.533. The van der Waals surface area contributed by atoms with Crippen LogP contribution in [0.2, 0.25) is 0 Å². The minimum absolute atomic E-state index is 0.402. The number of hydrogen-bond acceptors (Lipinski definition) is 3. The van der Waals surface area contributed by atoms with Gasteiger partial charge in [0.05, 0.1) is 11.7 Å². The molecule has 1 aromatic carbocycles. The van der Waals surface area contributed by atoms with E-state index in [1.807, 2.05) is 12.1 Å². The summed E-state index contributed by atoms with van der Waals surface area (Å²) in [5.41, 5.74) is 1.32. The molecule has 0 unspecified atom stereocenters. The molecule has 1 aliphatic carbocycles. The molecule has 104 valence electrons. The van der Waals surface area contributed by atoms with Crippen molar-refractivity contribution in [2.75, 3.05) is 20.7 Å². The summed E-state index contributed by atoms with van der Waals surface area (Å²) in [6, 6.07) is 7.80. The summed E-state index contributed by atoms with van der Waals surface area (Å²) < 4.78 is 5.28. The second-order valence-corrected chi connectivity index (χ2v) is 5.18. The Balaban J connectivity index is 1.87. The van der Waals surface area contributed by atoms with Gasteiger partial charge < -0.3 is 14.7 Å². The molecule has 19 heavy (non-hydrogen) atoms. The first-order chi connectivity index (χ1) is 9.11. The minimum Gasteiger partial charge on any atom is -0.478 e. The van der Waals surface area contributed by atoms with Crippen LogP contribution in [0.3, 0.4) is 0 Å². The highest BCUT2D eigenvalue weighted by Crippen LogP contribution is 2.27. The molecule has 2 rings (SSSR count). The number of carboxylic acid groups (broad SMARTS) is 1.